The van der Waals surface area contributed by atoms with Crippen LogP contribution in [0.4, 0.5) is 14.5 Å². The summed E-state index contributed by atoms with van der Waals surface area (Å²) < 4.78 is 29.1. The van der Waals surface area contributed by atoms with E-state index in [4.69, 9.17) is 0 Å². The van der Waals surface area contributed by atoms with Crippen LogP contribution in [0.25, 0.3) is 10.9 Å². The van der Waals surface area contributed by atoms with E-state index in [2.05, 4.69) is 15.0 Å². The molecular formula is C15H15F2N3O2. The van der Waals surface area contributed by atoms with Gasteiger partial charge in [-0.15, -0.1) is 0 Å². The van der Waals surface area contributed by atoms with E-state index in [0.29, 0.717) is 23.0 Å². The van der Waals surface area contributed by atoms with Gasteiger partial charge in [-0.25, -0.2) is 0 Å². The fraction of sp³-hybridized carbons (Fsp3) is 0.333. The van der Waals surface area contributed by atoms with Crippen molar-refractivity contribution >= 4 is 16.6 Å². The molecule has 5 nitrogen and oxygen atoms in total. The van der Waals surface area contributed by atoms with Gasteiger partial charge in [0, 0.05) is 17.6 Å². The number of aliphatic hydroxyl groups excluding tert-OH is 1. The van der Waals surface area contributed by atoms with Gasteiger partial charge in [0.05, 0.1) is 23.4 Å². The van der Waals surface area contributed by atoms with Gasteiger partial charge in [0.2, 0.25) is 0 Å². The van der Waals surface area contributed by atoms with Gasteiger partial charge < -0.3 is 15.2 Å². The summed E-state index contributed by atoms with van der Waals surface area (Å²) in [5.74, 6) is -0.0144. The minimum absolute atomic E-state index is 0.0144. The Kier molecular flexibility index (Phi) is 5.07. The van der Waals surface area contributed by atoms with Gasteiger partial charge in [-0.3, -0.25) is 4.98 Å². The van der Waals surface area contributed by atoms with E-state index in [0.717, 1.165) is 0 Å². The molecule has 1 aromatic carbocycles. The van der Waals surface area contributed by atoms with Crippen LogP contribution in [-0.2, 0) is 0 Å². The van der Waals surface area contributed by atoms with Gasteiger partial charge in [0.25, 0.3) is 0 Å². The van der Waals surface area contributed by atoms with Crippen LogP contribution < -0.4 is 10.1 Å². The SMILES string of the molecule is CC[C@@H](CO)Nc1c(C#N)cnc2ccc(OC(F)F)cc12. The van der Waals surface area contributed by atoms with Crippen molar-refractivity contribution in [2.24, 2.45) is 0 Å². The predicted octanol–water partition coefficient (Wildman–Crippen LogP) is 2.89. The molecule has 0 saturated carbocycles. The second kappa shape index (κ2) is 7.00. The minimum Gasteiger partial charge on any atom is -0.435 e. The van der Waals surface area contributed by atoms with Gasteiger partial charge in [-0.2, -0.15) is 14.0 Å². The molecule has 0 spiro atoms. The van der Waals surface area contributed by atoms with Crippen molar-refractivity contribution in [3.63, 3.8) is 0 Å². The summed E-state index contributed by atoms with van der Waals surface area (Å²) in [6.45, 7) is -1.16. The number of aromatic nitrogens is 1. The number of nitriles is 1. The summed E-state index contributed by atoms with van der Waals surface area (Å²) in [7, 11) is 0. The van der Waals surface area contributed by atoms with E-state index in [1.807, 2.05) is 13.0 Å². The maximum Gasteiger partial charge on any atom is 0.387 e. The van der Waals surface area contributed by atoms with Crippen LogP contribution >= 0.6 is 0 Å². The third-order valence-electron chi connectivity index (χ3n) is 3.25. The molecule has 0 radical (unpaired) electrons. The normalized spacial score (nSPS) is 12.2. The first-order chi connectivity index (χ1) is 10.6. The molecule has 7 heteroatoms. The van der Waals surface area contributed by atoms with Gasteiger partial charge in [-0.05, 0) is 24.6 Å². The van der Waals surface area contributed by atoms with Crippen molar-refractivity contribution in [1.82, 2.24) is 4.98 Å². The standard InChI is InChI=1S/C15H15F2N3O2/c1-2-10(8-21)20-14-9(6-18)7-19-13-4-3-11(5-12(13)14)22-15(16)17/h3-5,7,10,15,21H,2,8H2,1H3,(H,19,20)/t10-/m0/s1. The van der Waals surface area contributed by atoms with E-state index in [1.165, 1.54) is 18.3 Å². The molecule has 1 aromatic heterocycles. The number of hydrogen-bond donors (Lipinski definition) is 2. The van der Waals surface area contributed by atoms with Gasteiger partial charge in [-0.1, -0.05) is 6.92 Å². The van der Waals surface area contributed by atoms with Crippen molar-refractivity contribution in [2.75, 3.05) is 11.9 Å². The lowest BCUT2D eigenvalue weighted by atomic mass is 10.1. The molecule has 2 rings (SSSR count). The molecule has 22 heavy (non-hydrogen) atoms. The van der Waals surface area contributed by atoms with E-state index < -0.39 is 6.61 Å². The molecule has 2 aromatic rings. The summed E-state index contributed by atoms with van der Waals surface area (Å²) in [4.78, 5) is 4.12. The van der Waals surface area contributed by atoms with Crippen molar-refractivity contribution in [2.45, 2.75) is 26.0 Å². The second-order valence-corrected chi connectivity index (χ2v) is 4.65. The Morgan fingerprint density at radius 3 is 2.82 bits per heavy atom. The Hall–Kier alpha value is -2.46. The molecule has 0 fully saturated rings. The molecule has 0 aliphatic rings. The Balaban J connectivity index is 2.55. The number of pyridine rings is 1. The zero-order chi connectivity index (χ0) is 16.1. The number of anilines is 1. The Morgan fingerprint density at radius 2 is 2.23 bits per heavy atom. The number of ether oxygens (including phenoxy) is 1. The molecule has 0 saturated heterocycles. The highest BCUT2D eigenvalue weighted by Crippen LogP contribution is 2.30. The summed E-state index contributed by atoms with van der Waals surface area (Å²) in [5.41, 5.74) is 1.26. The number of nitrogens with one attached hydrogen (secondary N) is 1. The predicted molar refractivity (Wildman–Crippen MR) is 77.9 cm³/mol. The zero-order valence-electron chi connectivity index (χ0n) is 11.9. The average Bonchev–Trinajstić information content (AvgIpc) is 2.51. The number of hydrogen-bond acceptors (Lipinski definition) is 5. The quantitative estimate of drug-likeness (QED) is 0.858. The maximum absolute atomic E-state index is 12.3. The lowest BCUT2D eigenvalue weighted by Gasteiger charge is -2.18. The van der Waals surface area contributed by atoms with Crippen LogP contribution in [0.3, 0.4) is 0 Å². The van der Waals surface area contributed by atoms with Crippen molar-refractivity contribution in [1.29, 1.82) is 5.26 Å². The molecule has 1 heterocycles. The molecule has 0 aliphatic heterocycles. The van der Waals surface area contributed by atoms with Crippen LogP contribution in [0.2, 0.25) is 0 Å². The first-order valence-electron chi connectivity index (χ1n) is 6.74. The lowest BCUT2D eigenvalue weighted by Crippen LogP contribution is -2.23. The van der Waals surface area contributed by atoms with Crippen LogP contribution in [0, 0.1) is 11.3 Å². The number of benzene rings is 1. The summed E-state index contributed by atoms with van der Waals surface area (Å²) in [6, 6.07) is 6.09. The van der Waals surface area contributed by atoms with Crippen LogP contribution in [-0.4, -0.2) is 29.4 Å². The fourth-order valence-corrected chi connectivity index (χ4v) is 2.07. The van der Waals surface area contributed by atoms with Crippen molar-refractivity contribution in [3.8, 4) is 11.8 Å². The Bertz CT molecular complexity index is 697. The Morgan fingerprint density at radius 1 is 1.45 bits per heavy atom. The number of aliphatic hydroxyl groups is 1. The third kappa shape index (κ3) is 3.40. The average molecular weight is 307 g/mol. The largest absolute Gasteiger partial charge is 0.435 e. The lowest BCUT2D eigenvalue weighted by molar-refractivity contribution is -0.0497. The van der Waals surface area contributed by atoms with Crippen LogP contribution in [0.15, 0.2) is 24.4 Å². The molecule has 0 bridgehead atoms. The van der Waals surface area contributed by atoms with Crippen molar-refractivity contribution in [3.05, 3.63) is 30.0 Å². The highest BCUT2D eigenvalue weighted by atomic mass is 19.3. The summed E-state index contributed by atoms with van der Waals surface area (Å²) in [6.07, 6.45) is 2.04. The topological polar surface area (TPSA) is 78.2 Å². The molecular weight excluding hydrogens is 292 g/mol. The monoisotopic (exact) mass is 307 g/mol. The minimum atomic E-state index is -2.93. The maximum atomic E-state index is 12.3. The Labute approximate surface area is 126 Å². The molecule has 0 aliphatic carbocycles. The number of alkyl halides is 2. The van der Waals surface area contributed by atoms with Crippen LogP contribution in [0.1, 0.15) is 18.9 Å². The molecule has 1 atom stereocenters. The van der Waals surface area contributed by atoms with Crippen molar-refractivity contribution < 1.29 is 18.6 Å². The van der Waals surface area contributed by atoms with Gasteiger partial charge in [0.15, 0.2) is 0 Å². The van der Waals surface area contributed by atoms with E-state index in [1.54, 1.807) is 6.07 Å². The number of nitrogens with zero attached hydrogens (tertiary/aromatic N) is 2. The summed E-state index contributed by atoms with van der Waals surface area (Å²) >= 11 is 0. The smallest absolute Gasteiger partial charge is 0.387 e. The third-order valence-corrected chi connectivity index (χ3v) is 3.25. The number of rotatable bonds is 6. The van der Waals surface area contributed by atoms with E-state index in [-0.39, 0.29) is 24.0 Å². The highest BCUT2D eigenvalue weighted by molar-refractivity contribution is 5.95. The van der Waals surface area contributed by atoms with Gasteiger partial charge >= 0.3 is 6.61 Å². The second-order valence-electron chi connectivity index (χ2n) is 4.65. The zero-order valence-corrected chi connectivity index (χ0v) is 11.9. The van der Waals surface area contributed by atoms with E-state index in [9.17, 15) is 19.1 Å². The fourth-order valence-electron chi connectivity index (χ4n) is 2.07. The number of fused-ring (bicyclic) bond motifs is 1. The summed E-state index contributed by atoms with van der Waals surface area (Å²) in [5, 5.41) is 22.1. The first-order valence-corrected chi connectivity index (χ1v) is 6.74. The molecule has 116 valence electrons. The highest BCUT2D eigenvalue weighted by Gasteiger charge is 2.14. The molecule has 2 N–H and O–H groups in total. The molecule has 0 amide bonds. The van der Waals surface area contributed by atoms with Gasteiger partial charge in [0.1, 0.15) is 11.8 Å². The number of halogens is 2. The van der Waals surface area contributed by atoms with E-state index >= 15 is 0 Å². The first kappa shape index (κ1) is 15.9. The van der Waals surface area contributed by atoms with Crippen LogP contribution in [0.5, 0.6) is 5.75 Å². The molecule has 0 unspecified atom stereocenters.